The van der Waals surface area contributed by atoms with Crippen molar-refractivity contribution in [2.24, 2.45) is 0 Å². The van der Waals surface area contributed by atoms with Gasteiger partial charge in [-0.3, -0.25) is 9.52 Å². The van der Waals surface area contributed by atoms with Gasteiger partial charge < -0.3 is 5.11 Å². The van der Waals surface area contributed by atoms with E-state index in [9.17, 15) is 13.2 Å². The molecule has 21 heavy (non-hydrogen) atoms. The Morgan fingerprint density at radius 1 is 1.43 bits per heavy atom. The molecule has 1 aromatic carbocycles. The molecule has 1 atom stereocenters. The number of nitrogens with zero attached hydrogens (tertiary/aromatic N) is 1. The average Bonchev–Trinajstić information content (AvgIpc) is 2.42. The highest BCUT2D eigenvalue weighted by molar-refractivity contribution is 9.10. The lowest BCUT2D eigenvalue weighted by Crippen LogP contribution is -2.49. The Bertz CT molecular complexity index is 653. The first-order valence-corrected chi connectivity index (χ1v) is 8.90. The zero-order valence-electron chi connectivity index (χ0n) is 10.9. The van der Waals surface area contributed by atoms with Crippen molar-refractivity contribution in [3.05, 3.63) is 27.7 Å². The number of aliphatic carboxylic acids is 1. The maximum atomic E-state index is 12.4. The summed E-state index contributed by atoms with van der Waals surface area (Å²) in [6.07, 6.45) is 1.64. The zero-order valence-corrected chi connectivity index (χ0v) is 14.1. The van der Waals surface area contributed by atoms with Gasteiger partial charge in [-0.1, -0.05) is 27.5 Å². The summed E-state index contributed by atoms with van der Waals surface area (Å²) in [4.78, 5) is 11.2. The van der Waals surface area contributed by atoms with Crippen LogP contribution in [0.1, 0.15) is 19.3 Å². The van der Waals surface area contributed by atoms with E-state index in [-0.39, 0.29) is 17.3 Å². The van der Waals surface area contributed by atoms with E-state index >= 15 is 0 Å². The monoisotopic (exact) mass is 396 g/mol. The van der Waals surface area contributed by atoms with Gasteiger partial charge in [0.1, 0.15) is 6.04 Å². The van der Waals surface area contributed by atoms with Crippen LogP contribution >= 0.6 is 27.5 Å². The second kappa shape index (κ2) is 6.51. The highest BCUT2D eigenvalue weighted by Crippen LogP contribution is 2.28. The lowest BCUT2D eigenvalue weighted by Gasteiger charge is -2.32. The predicted octanol–water partition coefficient (Wildman–Crippen LogP) is 2.70. The fourth-order valence-corrected chi connectivity index (χ4v) is 4.26. The standard InChI is InChI=1S/C12H14BrClN2O4S/c13-8-4-5-9(14)10(7-8)15-21(19,20)16-6-2-1-3-11(16)12(17)18/h4-5,7,11,15H,1-3,6H2,(H,17,18). The molecule has 0 bridgehead atoms. The predicted molar refractivity (Wildman–Crippen MR) is 83.7 cm³/mol. The number of hydrogen-bond donors (Lipinski definition) is 2. The Labute approximate surface area is 136 Å². The normalized spacial score (nSPS) is 20.2. The summed E-state index contributed by atoms with van der Waals surface area (Å²) in [5.41, 5.74) is 0.209. The van der Waals surface area contributed by atoms with E-state index in [1.54, 1.807) is 12.1 Å². The van der Waals surface area contributed by atoms with E-state index in [1.807, 2.05) is 0 Å². The first-order chi connectivity index (χ1) is 9.81. The number of carbonyl (C=O) groups is 1. The molecule has 1 fully saturated rings. The number of rotatable bonds is 4. The highest BCUT2D eigenvalue weighted by Gasteiger charge is 2.37. The second-order valence-corrected chi connectivity index (χ2v) is 7.64. The number of carboxylic acid groups (broad SMARTS) is 1. The molecule has 9 heteroatoms. The van der Waals surface area contributed by atoms with Crippen LogP contribution < -0.4 is 4.72 Å². The average molecular weight is 398 g/mol. The maximum Gasteiger partial charge on any atom is 0.322 e. The molecule has 0 aliphatic carbocycles. The van der Waals surface area contributed by atoms with E-state index in [2.05, 4.69) is 20.7 Å². The number of benzene rings is 1. The first kappa shape index (κ1) is 16.5. The Balaban J connectivity index is 2.28. The van der Waals surface area contributed by atoms with Crippen molar-refractivity contribution in [1.29, 1.82) is 0 Å². The van der Waals surface area contributed by atoms with Crippen LogP contribution in [0.4, 0.5) is 5.69 Å². The quantitative estimate of drug-likeness (QED) is 0.818. The summed E-state index contributed by atoms with van der Waals surface area (Å²) in [7, 11) is -3.97. The molecule has 1 aliphatic heterocycles. The molecule has 0 radical (unpaired) electrons. The Morgan fingerprint density at radius 2 is 2.14 bits per heavy atom. The van der Waals surface area contributed by atoms with Gasteiger partial charge in [-0.15, -0.1) is 0 Å². The fraction of sp³-hybridized carbons (Fsp3) is 0.417. The molecule has 0 spiro atoms. The lowest BCUT2D eigenvalue weighted by atomic mass is 10.1. The van der Waals surface area contributed by atoms with Crippen molar-refractivity contribution in [3.8, 4) is 0 Å². The van der Waals surface area contributed by atoms with Crippen LogP contribution in [0.5, 0.6) is 0 Å². The molecule has 1 unspecified atom stereocenters. The number of nitrogens with one attached hydrogen (secondary N) is 1. The molecule has 0 saturated carbocycles. The third kappa shape index (κ3) is 3.88. The van der Waals surface area contributed by atoms with Gasteiger partial charge in [0, 0.05) is 11.0 Å². The van der Waals surface area contributed by atoms with E-state index < -0.39 is 22.2 Å². The van der Waals surface area contributed by atoms with Crippen LogP contribution in [0.15, 0.2) is 22.7 Å². The minimum atomic E-state index is -3.97. The minimum Gasteiger partial charge on any atom is -0.480 e. The number of carboxylic acids is 1. The van der Waals surface area contributed by atoms with Gasteiger partial charge in [0.05, 0.1) is 10.7 Å². The van der Waals surface area contributed by atoms with E-state index in [0.717, 1.165) is 4.31 Å². The van der Waals surface area contributed by atoms with Gasteiger partial charge >= 0.3 is 16.2 Å². The van der Waals surface area contributed by atoms with Crippen LogP contribution in [-0.4, -0.2) is 36.4 Å². The van der Waals surface area contributed by atoms with Crippen molar-refractivity contribution >= 4 is 49.4 Å². The van der Waals surface area contributed by atoms with E-state index in [1.165, 1.54) is 6.07 Å². The van der Waals surface area contributed by atoms with Gasteiger partial charge in [0.25, 0.3) is 0 Å². The van der Waals surface area contributed by atoms with Crippen LogP contribution in [0, 0.1) is 0 Å². The molecule has 0 aromatic heterocycles. The topological polar surface area (TPSA) is 86.7 Å². The molecule has 6 nitrogen and oxygen atoms in total. The van der Waals surface area contributed by atoms with E-state index in [4.69, 9.17) is 16.7 Å². The van der Waals surface area contributed by atoms with E-state index in [0.29, 0.717) is 23.7 Å². The SMILES string of the molecule is O=C(O)C1CCCCN1S(=O)(=O)Nc1cc(Br)ccc1Cl. The van der Waals surface area contributed by atoms with Crippen LogP contribution in [0.3, 0.4) is 0 Å². The van der Waals surface area contributed by atoms with Crippen molar-refractivity contribution in [2.75, 3.05) is 11.3 Å². The number of hydrogen-bond acceptors (Lipinski definition) is 3. The van der Waals surface area contributed by atoms with Crippen LogP contribution in [-0.2, 0) is 15.0 Å². The van der Waals surface area contributed by atoms with Crippen molar-refractivity contribution in [3.63, 3.8) is 0 Å². The number of anilines is 1. The first-order valence-electron chi connectivity index (χ1n) is 6.29. The van der Waals surface area contributed by atoms with Gasteiger partial charge in [-0.2, -0.15) is 12.7 Å². The maximum absolute atomic E-state index is 12.4. The minimum absolute atomic E-state index is 0.178. The van der Waals surface area contributed by atoms with Crippen LogP contribution in [0.25, 0.3) is 0 Å². The molecule has 1 aromatic rings. The summed E-state index contributed by atoms with van der Waals surface area (Å²) in [5.74, 6) is -1.14. The molecular weight excluding hydrogens is 384 g/mol. The van der Waals surface area contributed by atoms with Crippen molar-refractivity contribution in [1.82, 2.24) is 4.31 Å². The molecule has 116 valence electrons. The molecule has 1 saturated heterocycles. The summed E-state index contributed by atoms with van der Waals surface area (Å²) in [6.45, 7) is 0.178. The number of halogens is 2. The summed E-state index contributed by atoms with van der Waals surface area (Å²) < 4.78 is 28.8. The van der Waals surface area contributed by atoms with Crippen molar-refractivity contribution in [2.45, 2.75) is 25.3 Å². The Hall–Kier alpha value is -0.830. The summed E-state index contributed by atoms with van der Waals surface area (Å²) >= 11 is 9.19. The van der Waals surface area contributed by atoms with Gasteiger partial charge in [0.15, 0.2) is 0 Å². The smallest absolute Gasteiger partial charge is 0.322 e. The third-order valence-electron chi connectivity index (χ3n) is 3.21. The molecule has 1 heterocycles. The number of piperidine rings is 1. The molecule has 2 rings (SSSR count). The molecule has 1 aliphatic rings. The van der Waals surface area contributed by atoms with Crippen molar-refractivity contribution < 1.29 is 18.3 Å². The largest absolute Gasteiger partial charge is 0.480 e. The highest BCUT2D eigenvalue weighted by atomic mass is 79.9. The van der Waals surface area contributed by atoms with Crippen LogP contribution in [0.2, 0.25) is 5.02 Å². The summed E-state index contributed by atoms with van der Waals surface area (Å²) in [5, 5.41) is 9.41. The second-order valence-electron chi connectivity index (χ2n) is 4.69. The van der Waals surface area contributed by atoms with Gasteiger partial charge in [-0.25, -0.2) is 0 Å². The Kier molecular flexibility index (Phi) is 5.13. The summed E-state index contributed by atoms with van der Waals surface area (Å²) in [6, 6.07) is 3.72. The zero-order chi connectivity index (χ0) is 15.6. The molecule has 0 amide bonds. The molecule has 2 N–H and O–H groups in total. The third-order valence-corrected chi connectivity index (χ3v) is 5.57. The Morgan fingerprint density at radius 3 is 2.81 bits per heavy atom. The lowest BCUT2D eigenvalue weighted by molar-refractivity contribution is -0.142. The van der Waals surface area contributed by atoms with Gasteiger partial charge in [-0.05, 0) is 37.5 Å². The van der Waals surface area contributed by atoms with Gasteiger partial charge in [0.2, 0.25) is 0 Å². The fourth-order valence-electron chi connectivity index (χ4n) is 2.21. The molecular formula is C12H14BrClN2O4S.